The Morgan fingerprint density at radius 1 is 1.29 bits per heavy atom. The van der Waals surface area contributed by atoms with E-state index in [-0.39, 0.29) is 17.7 Å². The largest absolute Gasteiger partial charge is 0.478 e. The Morgan fingerprint density at radius 3 is 2.53 bits per heavy atom. The zero-order valence-corrected chi connectivity index (χ0v) is 9.84. The van der Waals surface area contributed by atoms with Crippen LogP contribution in [0, 0.1) is 0 Å². The molecule has 90 valence electrons. The number of hydrogen-bond acceptors (Lipinski definition) is 2. The van der Waals surface area contributed by atoms with E-state index < -0.39 is 5.97 Å². The monoisotopic (exact) mass is 233 g/mol. The van der Waals surface area contributed by atoms with Gasteiger partial charge in [-0.05, 0) is 31.4 Å². The second-order valence-electron chi connectivity index (χ2n) is 4.78. The normalized spacial score (nSPS) is 11.9. The van der Waals surface area contributed by atoms with Gasteiger partial charge in [-0.2, -0.15) is 0 Å². The predicted octanol–water partition coefficient (Wildman–Crippen LogP) is 2.07. The van der Waals surface area contributed by atoms with Crippen LogP contribution in [0.5, 0.6) is 0 Å². The van der Waals surface area contributed by atoms with Crippen LogP contribution >= 0.6 is 0 Å². The standard InChI is InChI=1S/C13H15NO3/c1-13(2,8-15)14-6-10-4-3-9(12(16)17)5-11(10)7-14/h3-7,15H,8H2,1-2H3,(H,16,17). The molecule has 0 saturated heterocycles. The van der Waals surface area contributed by atoms with Crippen LogP contribution in [0.25, 0.3) is 10.8 Å². The third-order valence-corrected chi connectivity index (χ3v) is 2.98. The number of aromatic nitrogens is 1. The van der Waals surface area contributed by atoms with Gasteiger partial charge in [0.25, 0.3) is 0 Å². The Hall–Kier alpha value is -1.81. The van der Waals surface area contributed by atoms with Gasteiger partial charge < -0.3 is 14.8 Å². The van der Waals surface area contributed by atoms with E-state index in [1.807, 2.05) is 30.8 Å². The molecule has 0 spiro atoms. The van der Waals surface area contributed by atoms with Gasteiger partial charge in [0, 0.05) is 17.8 Å². The maximum absolute atomic E-state index is 10.9. The average Bonchev–Trinajstić information content (AvgIpc) is 2.72. The van der Waals surface area contributed by atoms with Gasteiger partial charge in [-0.1, -0.05) is 6.07 Å². The highest BCUT2D eigenvalue weighted by Crippen LogP contribution is 2.23. The first kappa shape index (κ1) is 11.7. The number of nitrogens with zero attached hydrogens (tertiary/aromatic N) is 1. The minimum Gasteiger partial charge on any atom is -0.478 e. The second-order valence-corrected chi connectivity index (χ2v) is 4.78. The van der Waals surface area contributed by atoms with Crippen LogP contribution in [0.2, 0.25) is 0 Å². The number of hydrogen-bond donors (Lipinski definition) is 2. The minimum absolute atomic E-state index is 0.0276. The van der Waals surface area contributed by atoms with Crippen LogP contribution in [0.15, 0.2) is 30.6 Å². The molecule has 1 aromatic heterocycles. The topological polar surface area (TPSA) is 62.5 Å². The lowest BCUT2D eigenvalue weighted by Gasteiger charge is -2.23. The van der Waals surface area contributed by atoms with Crippen LogP contribution in [0.1, 0.15) is 24.2 Å². The molecule has 0 bridgehead atoms. The zero-order chi connectivity index (χ0) is 12.6. The molecule has 2 aromatic rings. The van der Waals surface area contributed by atoms with Crippen LogP contribution < -0.4 is 0 Å². The second kappa shape index (κ2) is 3.89. The molecule has 0 fully saturated rings. The fourth-order valence-corrected chi connectivity index (χ4v) is 1.71. The fraction of sp³-hybridized carbons (Fsp3) is 0.308. The van der Waals surface area contributed by atoms with Crippen molar-refractivity contribution in [2.24, 2.45) is 0 Å². The molecule has 0 aliphatic heterocycles. The molecule has 0 unspecified atom stereocenters. The average molecular weight is 233 g/mol. The Labute approximate surface area is 99.1 Å². The first-order valence-electron chi connectivity index (χ1n) is 5.40. The molecular formula is C13H15NO3. The van der Waals surface area contributed by atoms with Gasteiger partial charge in [-0.3, -0.25) is 0 Å². The van der Waals surface area contributed by atoms with Crippen LogP contribution in [0.3, 0.4) is 0 Å². The lowest BCUT2D eigenvalue weighted by Crippen LogP contribution is -2.28. The summed E-state index contributed by atoms with van der Waals surface area (Å²) in [7, 11) is 0. The number of carbonyl (C=O) groups is 1. The third kappa shape index (κ3) is 2.03. The van der Waals surface area contributed by atoms with Crippen molar-refractivity contribution in [2.45, 2.75) is 19.4 Å². The smallest absolute Gasteiger partial charge is 0.335 e. The van der Waals surface area contributed by atoms with Gasteiger partial charge in [0.1, 0.15) is 0 Å². The van der Waals surface area contributed by atoms with Crippen LogP contribution in [-0.4, -0.2) is 27.4 Å². The van der Waals surface area contributed by atoms with Gasteiger partial charge in [-0.25, -0.2) is 4.79 Å². The minimum atomic E-state index is -0.930. The summed E-state index contributed by atoms with van der Waals surface area (Å²) in [5.41, 5.74) is -0.111. The number of aliphatic hydroxyl groups is 1. The molecule has 0 aliphatic rings. The summed E-state index contributed by atoms with van der Waals surface area (Å²) in [5, 5.41) is 20.0. The molecule has 0 saturated carbocycles. The molecule has 0 radical (unpaired) electrons. The van der Waals surface area contributed by atoms with E-state index in [2.05, 4.69) is 0 Å². The SMILES string of the molecule is CC(C)(CO)n1cc2ccc(C(=O)O)cc2c1. The summed E-state index contributed by atoms with van der Waals surface area (Å²) >= 11 is 0. The summed E-state index contributed by atoms with van der Waals surface area (Å²) < 4.78 is 1.91. The zero-order valence-electron chi connectivity index (χ0n) is 9.84. The molecular weight excluding hydrogens is 218 g/mol. The van der Waals surface area contributed by atoms with Gasteiger partial charge in [-0.15, -0.1) is 0 Å². The molecule has 0 amide bonds. The number of aliphatic hydroxyl groups excluding tert-OH is 1. The van der Waals surface area contributed by atoms with Gasteiger partial charge in [0.15, 0.2) is 0 Å². The van der Waals surface area contributed by atoms with E-state index in [0.29, 0.717) is 0 Å². The highest BCUT2D eigenvalue weighted by molar-refractivity contribution is 5.94. The highest BCUT2D eigenvalue weighted by Gasteiger charge is 2.18. The molecule has 1 aromatic carbocycles. The van der Waals surface area contributed by atoms with Crippen molar-refractivity contribution in [1.29, 1.82) is 0 Å². The van der Waals surface area contributed by atoms with Crippen molar-refractivity contribution in [3.05, 3.63) is 36.2 Å². The summed E-state index contributed by atoms with van der Waals surface area (Å²) in [4.78, 5) is 10.9. The van der Waals surface area contributed by atoms with E-state index >= 15 is 0 Å². The Balaban J connectivity index is 2.54. The summed E-state index contributed by atoms with van der Waals surface area (Å²) in [6, 6.07) is 5.01. The van der Waals surface area contributed by atoms with Crippen molar-refractivity contribution in [3.63, 3.8) is 0 Å². The summed E-state index contributed by atoms with van der Waals surface area (Å²) in [6.45, 7) is 3.87. The number of aromatic carboxylic acids is 1. The number of benzene rings is 1. The predicted molar refractivity (Wildman–Crippen MR) is 65.3 cm³/mol. The summed E-state index contributed by atoms with van der Waals surface area (Å²) in [6.07, 6.45) is 3.77. The molecule has 1 heterocycles. The van der Waals surface area contributed by atoms with E-state index in [1.165, 1.54) is 0 Å². The van der Waals surface area contributed by atoms with E-state index in [0.717, 1.165) is 10.8 Å². The van der Waals surface area contributed by atoms with Crippen molar-refractivity contribution in [1.82, 2.24) is 4.57 Å². The molecule has 4 heteroatoms. The highest BCUT2D eigenvalue weighted by atomic mass is 16.4. The van der Waals surface area contributed by atoms with Crippen molar-refractivity contribution in [2.75, 3.05) is 6.61 Å². The van der Waals surface area contributed by atoms with E-state index in [1.54, 1.807) is 18.2 Å². The number of fused-ring (bicyclic) bond motifs is 1. The Morgan fingerprint density at radius 2 is 1.94 bits per heavy atom. The maximum Gasteiger partial charge on any atom is 0.335 e. The van der Waals surface area contributed by atoms with E-state index in [4.69, 9.17) is 5.11 Å². The third-order valence-electron chi connectivity index (χ3n) is 2.98. The molecule has 2 rings (SSSR count). The Kier molecular flexibility index (Phi) is 2.67. The van der Waals surface area contributed by atoms with Crippen molar-refractivity contribution >= 4 is 16.7 Å². The molecule has 4 nitrogen and oxygen atoms in total. The molecule has 17 heavy (non-hydrogen) atoms. The van der Waals surface area contributed by atoms with Gasteiger partial charge in [0.2, 0.25) is 0 Å². The maximum atomic E-state index is 10.9. The van der Waals surface area contributed by atoms with Crippen molar-refractivity contribution < 1.29 is 15.0 Å². The molecule has 0 aliphatic carbocycles. The molecule has 2 N–H and O–H groups in total. The fourth-order valence-electron chi connectivity index (χ4n) is 1.71. The Bertz CT molecular complexity index is 569. The lowest BCUT2D eigenvalue weighted by molar-refractivity contribution is 0.0697. The number of carboxylic acid groups (broad SMARTS) is 1. The van der Waals surface area contributed by atoms with Gasteiger partial charge in [0.05, 0.1) is 17.7 Å². The van der Waals surface area contributed by atoms with E-state index in [9.17, 15) is 9.90 Å². The first-order valence-corrected chi connectivity index (χ1v) is 5.40. The lowest BCUT2D eigenvalue weighted by atomic mass is 10.1. The molecule has 0 atom stereocenters. The van der Waals surface area contributed by atoms with Crippen molar-refractivity contribution in [3.8, 4) is 0 Å². The quantitative estimate of drug-likeness (QED) is 0.853. The van der Waals surface area contributed by atoms with Crippen LogP contribution in [0.4, 0.5) is 0 Å². The summed E-state index contributed by atoms with van der Waals surface area (Å²) in [5.74, 6) is -0.930. The number of carboxylic acids is 1. The van der Waals surface area contributed by atoms with Crippen LogP contribution in [-0.2, 0) is 5.54 Å². The number of rotatable bonds is 3. The van der Waals surface area contributed by atoms with Gasteiger partial charge >= 0.3 is 5.97 Å². The first-order chi connectivity index (χ1) is 7.94.